The number of hydrogen-bond donors (Lipinski definition) is 1. The number of hydrogen-bond acceptors (Lipinski definition) is 4. The summed E-state index contributed by atoms with van der Waals surface area (Å²) in [5.41, 5.74) is 1.00. The Bertz CT molecular complexity index is 534. The zero-order valence-electron chi connectivity index (χ0n) is 9.25. The first-order valence-corrected chi connectivity index (χ1v) is 5.87. The Balaban J connectivity index is 2.12. The summed E-state index contributed by atoms with van der Waals surface area (Å²) in [7, 11) is 1.60. The van der Waals surface area contributed by atoms with Crippen LogP contribution in [0.2, 0.25) is 0 Å². The molecule has 0 saturated heterocycles. The highest BCUT2D eigenvalue weighted by molar-refractivity contribution is 7.14. The molecule has 1 amide bonds. The van der Waals surface area contributed by atoms with E-state index in [2.05, 4.69) is 15.3 Å². The van der Waals surface area contributed by atoms with Crippen molar-refractivity contribution in [2.45, 2.75) is 0 Å². The highest BCUT2D eigenvalue weighted by Crippen LogP contribution is 2.15. The lowest BCUT2D eigenvalue weighted by molar-refractivity contribution is 0.0967. The normalized spacial score (nSPS) is 10.6. The van der Waals surface area contributed by atoms with E-state index in [-0.39, 0.29) is 5.91 Å². The third-order valence-corrected chi connectivity index (χ3v) is 3.04. The lowest BCUT2D eigenvalue weighted by Gasteiger charge is -1.90. The Morgan fingerprint density at radius 2 is 2.29 bits per heavy atom. The summed E-state index contributed by atoms with van der Waals surface area (Å²) in [6.45, 7) is 0. The maximum Gasteiger partial charge on any atom is 0.262 e. The molecule has 0 aliphatic rings. The molecule has 0 aliphatic carbocycles. The molecular formula is C12H11N3OS. The Kier molecular flexibility index (Phi) is 3.62. The fraction of sp³-hybridized carbons (Fsp3) is 0.0833. The summed E-state index contributed by atoms with van der Waals surface area (Å²) in [6.07, 6.45) is 8.86. The second-order valence-corrected chi connectivity index (χ2v) is 4.32. The second kappa shape index (κ2) is 5.36. The molecule has 2 aromatic rings. The van der Waals surface area contributed by atoms with Gasteiger partial charge in [-0.2, -0.15) is 0 Å². The lowest BCUT2D eigenvalue weighted by Crippen LogP contribution is -2.16. The van der Waals surface area contributed by atoms with Crippen LogP contribution in [-0.4, -0.2) is 22.9 Å². The zero-order valence-corrected chi connectivity index (χ0v) is 10.1. The van der Waals surface area contributed by atoms with Crippen LogP contribution in [0, 0.1) is 0 Å². The van der Waals surface area contributed by atoms with Crippen LogP contribution in [0.15, 0.2) is 30.7 Å². The molecule has 0 radical (unpaired) electrons. The number of rotatable bonds is 3. The first-order valence-electron chi connectivity index (χ1n) is 5.05. The molecule has 0 aliphatic heterocycles. The average molecular weight is 245 g/mol. The van der Waals surface area contributed by atoms with Gasteiger partial charge in [0.1, 0.15) is 9.88 Å². The third-order valence-electron chi connectivity index (χ3n) is 2.08. The van der Waals surface area contributed by atoms with E-state index in [0.29, 0.717) is 4.88 Å². The van der Waals surface area contributed by atoms with Crippen molar-refractivity contribution in [1.82, 2.24) is 15.3 Å². The number of aromatic nitrogens is 2. The Morgan fingerprint density at radius 3 is 3.00 bits per heavy atom. The highest BCUT2D eigenvalue weighted by Gasteiger charge is 2.06. The number of carbonyl (C=O) groups excluding carboxylic acids is 1. The van der Waals surface area contributed by atoms with Gasteiger partial charge in [0.25, 0.3) is 5.91 Å². The molecule has 2 rings (SSSR count). The topological polar surface area (TPSA) is 54.9 Å². The summed E-state index contributed by atoms with van der Waals surface area (Å²) in [5, 5.41) is 3.36. The van der Waals surface area contributed by atoms with Gasteiger partial charge in [0.15, 0.2) is 0 Å². The number of amides is 1. The Hall–Kier alpha value is -2.01. The van der Waals surface area contributed by atoms with Crippen LogP contribution in [-0.2, 0) is 0 Å². The summed E-state index contributed by atoms with van der Waals surface area (Å²) < 4.78 is 0. The van der Waals surface area contributed by atoms with Crippen molar-refractivity contribution >= 4 is 29.4 Å². The van der Waals surface area contributed by atoms with E-state index in [9.17, 15) is 4.79 Å². The van der Waals surface area contributed by atoms with E-state index in [1.54, 1.807) is 25.6 Å². The van der Waals surface area contributed by atoms with E-state index in [0.717, 1.165) is 10.6 Å². The van der Waals surface area contributed by atoms with Gasteiger partial charge < -0.3 is 5.32 Å². The number of thiazole rings is 1. The minimum atomic E-state index is -0.108. The van der Waals surface area contributed by atoms with Gasteiger partial charge in [0.2, 0.25) is 0 Å². The van der Waals surface area contributed by atoms with E-state index in [4.69, 9.17) is 0 Å². The molecule has 2 heterocycles. The highest BCUT2D eigenvalue weighted by atomic mass is 32.1. The van der Waals surface area contributed by atoms with Crippen LogP contribution in [0.25, 0.3) is 12.2 Å². The van der Waals surface area contributed by atoms with Crippen molar-refractivity contribution < 1.29 is 4.79 Å². The van der Waals surface area contributed by atoms with Crippen LogP contribution in [0.4, 0.5) is 0 Å². The molecule has 0 spiro atoms. The van der Waals surface area contributed by atoms with Crippen molar-refractivity contribution in [3.8, 4) is 0 Å². The molecule has 0 fully saturated rings. The van der Waals surface area contributed by atoms with Crippen molar-refractivity contribution in [1.29, 1.82) is 0 Å². The average Bonchev–Trinajstić information content (AvgIpc) is 2.85. The first-order chi connectivity index (χ1) is 8.29. The van der Waals surface area contributed by atoms with E-state index in [1.807, 2.05) is 24.3 Å². The standard InChI is InChI=1S/C12H11N3OS/c1-13-12(16)10-8-15-11(17-10)5-4-9-3-2-6-14-7-9/h2-8H,1H3,(H,13,16)/b5-4-. The molecule has 2 aromatic heterocycles. The molecule has 5 heteroatoms. The van der Waals surface area contributed by atoms with Crippen LogP contribution in [0.3, 0.4) is 0 Å². The second-order valence-electron chi connectivity index (χ2n) is 3.26. The van der Waals surface area contributed by atoms with Crippen LogP contribution in [0.5, 0.6) is 0 Å². The monoisotopic (exact) mass is 245 g/mol. The van der Waals surface area contributed by atoms with Gasteiger partial charge in [-0.1, -0.05) is 12.1 Å². The summed E-state index contributed by atoms with van der Waals surface area (Å²) in [6, 6.07) is 3.83. The number of pyridine rings is 1. The summed E-state index contributed by atoms with van der Waals surface area (Å²) in [5.74, 6) is -0.108. The van der Waals surface area contributed by atoms with Gasteiger partial charge in [0.05, 0.1) is 6.20 Å². The molecule has 0 bridgehead atoms. The predicted octanol–water partition coefficient (Wildman–Crippen LogP) is 2.07. The summed E-state index contributed by atoms with van der Waals surface area (Å²) in [4.78, 5) is 20.1. The molecule has 17 heavy (non-hydrogen) atoms. The molecule has 0 aromatic carbocycles. The van der Waals surface area contributed by atoms with Crippen molar-refractivity contribution in [3.05, 3.63) is 46.2 Å². The van der Waals surface area contributed by atoms with Gasteiger partial charge in [-0.15, -0.1) is 11.3 Å². The van der Waals surface area contributed by atoms with E-state index in [1.165, 1.54) is 11.3 Å². The minimum Gasteiger partial charge on any atom is -0.354 e. The number of carbonyl (C=O) groups is 1. The van der Waals surface area contributed by atoms with Crippen LogP contribution >= 0.6 is 11.3 Å². The Morgan fingerprint density at radius 1 is 1.41 bits per heavy atom. The van der Waals surface area contributed by atoms with Crippen molar-refractivity contribution in [3.63, 3.8) is 0 Å². The molecule has 0 unspecified atom stereocenters. The van der Waals surface area contributed by atoms with Crippen LogP contribution < -0.4 is 5.32 Å². The molecule has 1 N–H and O–H groups in total. The molecular weight excluding hydrogens is 234 g/mol. The maximum atomic E-state index is 11.3. The fourth-order valence-corrected chi connectivity index (χ4v) is 2.00. The third kappa shape index (κ3) is 2.98. The Labute approximate surface area is 103 Å². The van der Waals surface area contributed by atoms with E-state index < -0.39 is 0 Å². The van der Waals surface area contributed by atoms with Crippen molar-refractivity contribution in [2.75, 3.05) is 7.05 Å². The largest absolute Gasteiger partial charge is 0.354 e. The van der Waals surface area contributed by atoms with Gasteiger partial charge in [-0.05, 0) is 17.7 Å². The lowest BCUT2D eigenvalue weighted by atomic mass is 10.3. The smallest absolute Gasteiger partial charge is 0.262 e. The van der Waals surface area contributed by atoms with E-state index >= 15 is 0 Å². The maximum absolute atomic E-state index is 11.3. The quantitative estimate of drug-likeness (QED) is 0.900. The number of nitrogens with zero attached hydrogens (tertiary/aromatic N) is 2. The zero-order chi connectivity index (χ0) is 12.1. The predicted molar refractivity (Wildman–Crippen MR) is 68.7 cm³/mol. The van der Waals surface area contributed by atoms with Gasteiger partial charge in [-0.3, -0.25) is 9.78 Å². The fourth-order valence-electron chi connectivity index (χ4n) is 1.23. The number of nitrogens with one attached hydrogen (secondary N) is 1. The van der Waals surface area contributed by atoms with Crippen molar-refractivity contribution in [2.24, 2.45) is 0 Å². The molecule has 0 atom stereocenters. The van der Waals surface area contributed by atoms with Gasteiger partial charge in [-0.25, -0.2) is 4.98 Å². The summed E-state index contributed by atoms with van der Waals surface area (Å²) >= 11 is 1.35. The van der Waals surface area contributed by atoms with Crippen LogP contribution in [0.1, 0.15) is 20.2 Å². The first kappa shape index (κ1) is 11.5. The van der Waals surface area contributed by atoms with Gasteiger partial charge >= 0.3 is 0 Å². The molecule has 0 saturated carbocycles. The molecule has 86 valence electrons. The van der Waals surface area contributed by atoms with Gasteiger partial charge in [0, 0.05) is 19.4 Å². The SMILES string of the molecule is CNC(=O)c1cnc(/C=C\c2cccnc2)s1. The molecule has 4 nitrogen and oxygen atoms in total. The minimum absolute atomic E-state index is 0.108.